The molecule has 0 aromatic heterocycles. The Bertz CT molecular complexity index is 334. The summed E-state index contributed by atoms with van der Waals surface area (Å²) in [5, 5.41) is 3.26. The second-order valence-corrected chi connectivity index (χ2v) is 4.33. The molecule has 0 saturated carbocycles. The standard InChI is InChI=1S/C12H18BrNO3/c1-15-5-6-17-4-3-14-11-7-10(13)8-12(9-11)16-2/h7-9,14H,3-6H2,1-2H3. The molecule has 0 amide bonds. The molecule has 5 heteroatoms. The zero-order valence-electron chi connectivity index (χ0n) is 10.2. The van der Waals surface area contributed by atoms with Gasteiger partial charge in [-0.3, -0.25) is 0 Å². The number of hydrogen-bond donors (Lipinski definition) is 1. The van der Waals surface area contributed by atoms with Crippen molar-refractivity contribution in [2.75, 3.05) is 45.9 Å². The van der Waals surface area contributed by atoms with Gasteiger partial charge in [0, 0.05) is 29.9 Å². The largest absolute Gasteiger partial charge is 0.497 e. The average molecular weight is 304 g/mol. The zero-order valence-corrected chi connectivity index (χ0v) is 11.7. The van der Waals surface area contributed by atoms with E-state index in [4.69, 9.17) is 14.2 Å². The smallest absolute Gasteiger partial charge is 0.122 e. The van der Waals surface area contributed by atoms with Gasteiger partial charge in [0.25, 0.3) is 0 Å². The Morgan fingerprint density at radius 1 is 1.12 bits per heavy atom. The Morgan fingerprint density at radius 3 is 2.65 bits per heavy atom. The van der Waals surface area contributed by atoms with Gasteiger partial charge in [-0.05, 0) is 12.1 Å². The molecule has 0 radical (unpaired) electrons. The van der Waals surface area contributed by atoms with Gasteiger partial charge in [-0.2, -0.15) is 0 Å². The van der Waals surface area contributed by atoms with E-state index in [1.807, 2.05) is 18.2 Å². The van der Waals surface area contributed by atoms with Crippen LogP contribution in [0, 0.1) is 0 Å². The Labute approximate surface area is 110 Å². The number of benzene rings is 1. The third-order valence-corrected chi connectivity index (χ3v) is 2.57. The molecule has 0 spiro atoms. The highest BCUT2D eigenvalue weighted by atomic mass is 79.9. The molecule has 0 saturated heterocycles. The molecule has 0 bridgehead atoms. The van der Waals surface area contributed by atoms with E-state index in [-0.39, 0.29) is 0 Å². The number of anilines is 1. The second kappa shape index (κ2) is 8.33. The molecule has 17 heavy (non-hydrogen) atoms. The maximum absolute atomic E-state index is 5.35. The third kappa shape index (κ3) is 5.91. The molecule has 4 nitrogen and oxygen atoms in total. The van der Waals surface area contributed by atoms with E-state index < -0.39 is 0 Å². The molecule has 0 atom stereocenters. The molecule has 1 N–H and O–H groups in total. The molecule has 1 rings (SSSR count). The summed E-state index contributed by atoms with van der Waals surface area (Å²) in [6.07, 6.45) is 0. The van der Waals surface area contributed by atoms with Gasteiger partial charge in [-0.25, -0.2) is 0 Å². The average Bonchev–Trinajstić information content (AvgIpc) is 2.33. The van der Waals surface area contributed by atoms with Crippen molar-refractivity contribution >= 4 is 21.6 Å². The van der Waals surface area contributed by atoms with Crippen LogP contribution in [-0.4, -0.2) is 40.6 Å². The number of ether oxygens (including phenoxy) is 3. The van der Waals surface area contributed by atoms with Gasteiger partial charge >= 0.3 is 0 Å². The first-order chi connectivity index (χ1) is 8.26. The first kappa shape index (κ1) is 14.3. The zero-order chi connectivity index (χ0) is 12.5. The minimum atomic E-state index is 0.625. The molecule has 96 valence electrons. The van der Waals surface area contributed by atoms with E-state index in [0.29, 0.717) is 19.8 Å². The van der Waals surface area contributed by atoms with Crippen LogP contribution in [0.25, 0.3) is 0 Å². The molecule has 1 aromatic rings. The highest BCUT2D eigenvalue weighted by Gasteiger charge is 1.98. The Kier molecular flexibility index (Phi) is 7.00. The van der Waals surface area contributed by atoms with Gasteiger partial charge in [0.2, 0.25) is 0 Å². The van der Waals surface area contributed by atoms with E-state index in [1.54, 1.807) is 14.2 Å². The predicted molar refractivity (Wildman–Crippen MR) is 71.9 cm³/mol. The van der Waals surface area contributed by atoms with Crippen molar-refractivity contribution in [2.24, 2.45) is 0 Å². The topological polar surface area (TPSA) is 39.7 Å². The Hall–Kier alpha value is -0.780. The molecule has 0 fully saturated rings. The second-order valence-electron chi connectivity index (χ2n) is 3.41. The van der Waals surface area contributed by atoms with Crippen molar-refractivity contribution in [1.29, 1.82) is 0 Å². The summed E-state index contributed by atoms with van der Waals surface area (Å²) in [4.78, 5) is 0. The van der Waals surface area contributed by atoms with E-state index in [9.17, 15) is 0 Å². The summed E-state index contributed by atoms with van der Waals surface area (Å²) >= 11 is 3.43. The minimum Gasteiger partial charge on any atom is -0.497 e. The number of methoxy groups -OCH3 is 2. The van der Waals surface area contributed by atoms with Gasteiger partial charge in [0.15, 0.2) is 0 Å². The SMILES string of the molecule is COCCOCCNc1cc(Br)cc(OC)c1. The number of nitrogens with one attached hydrogen (secondary N) is 1. The van der Waals surface area contributed by atoms with Crippen LogP contribution in [0.2, 0.25) is 0 Å². The lowest BCUT2D eigenvalue weighted by atomic mass is 10.3. The normalized spacial score (nSPS) is 10.3. The summed E-state index contributed by atoms with van der Waals surface area (Å²) in [6.45, 7) is 2.66. The van der Waals surface area contributed by atoms with Crippen LogP contribution in [0.5, 0.6) is 5.75 Å². The van der Waals surface area contributed by atoms with Crippen molar-refractivity contribution in [3.8, 4) is 5.75 Å². The number of hydrogen-bond acceptors (Lipinski definition) is 4. The van der Waals surface area contributed by atoms with Crippen LogP contribution in [0.15, 0.2) is 22.7 Å². The Morgan fingerprint density at radius 2 is 1.94 bits per heavy atom. The van der Waals surface area contributed by atoms with Crippen molar-refractivity contribution in [2.45, 2.75) is 0 Å². The summed E-state index contributed by atoms with van der Waals surface area (Å²) in [6, 6.07) is 5.86. The van der Waals surface area contributed by atoms with E-state index in [1.165, 1.54) is 0 Å². The molecule has 0 unspecified atom stereocenters. The highest BCUT2D eigenvalue weighted by Crippen LogP contribution is 2.24. The fraction of sp³-hybridized carbons (Fsp3) is 0.500. The summed E-state index contributed by atoms with van der Waals surface area (Å²) in [5.74, 6) is 0.821. The first-order valence-corrected chi connectivity index (χ1v) is 6.20. The molecule has 0 aliphatic heterocycles. The Balaban J connectivity index is 2.28. The number of halogens is 1. The van der Waals surface area contributed by atoms with Crippen molar-refractivity contribution in [3.63, 3.8) is 0 Å². The third-order valence-electron chi connectivity index (χ3n) is 2.11. The van der Waals surface area contributed by atoms with Crippen LogP contribution in [0.4, 0.5) is 5.69 Å². The molecular weight excluding hydrogens is 286 g/mol. The fourth-order valence-corrected chi connectivity index (χ4v) is 1.77. The molecule has 0 heterocycles. The van der Waals surface area contributed by atoms with Gasteiger partial charge in [-0.15, -0.1) is 0 Å². The lowest BCUT2D eigenvalue weighted by Crippen LogP contribution is -2.11. The molecule has 1 aromatic carbocycles. The fourth-order valence-electron chi connectivity index (χ4n) is 1.29. The van der Waals surface area contributed by atoms with Crippen LogP contribution >= 0.6 is 15.9 Å². The molecular formula is C12H18BrNO3. The predicted octanol–water partition coefficient (Wildman–Crippen LogP) is 2.53. The van der Waals surface area contributed by atoms with E-state index >= 15 is 0 Å². The van der Waals surface area contributed by atoms with Crippen LogP contribution < -0.4 is 10.1 Å². The van der Waals surface area contributed by atoms with Gasteiger partial charge in [0.05, 0.1) is 26.9 Å². The summed E-state index contributed by atoms with van der Waals surface area (Å²) in [5.41, 5.74) is 1.01. The van der Waals surface area contributed by atoms with Gasteiger partial charge < -0.3 is 19.5 Å². The van der Waals surface area contributed by atoms with Crippen LogP contribution in [0.1, 0.15) is 0 Å². The van der Waals surface area contributed by atoms with E-state index in [0.717, 1.165) is 22.5 Å². The summed E-state index contributed by atoms with van der Waals surface area (Å²) < 4.78 is 16.4. The van der Waals surface area contributed by atoms with Crippen molar-refractivity contribution < 1.29 is 14.2 Å². The van der Waals surface area contributed by atoms with Crippen molar-refractivity contribution in [3.05, 3.63) is 22.7 Å². The highest BCUT2D eigenvalue weighted by molar-refractivity contribution is 9.10. The summed E-state index contributed by atoms with van der Waals surface area (Å²) in [7, 11) is 3.31. The van der Waals surface area contributed by atoms with Crippen LogP contribution in [0.3, 0.4) is 0 Å². The number of rotatable bonds is 8. The van der Waals surface area contributed by atoms with Crippen molar-refractivity contribution in [1.82, 2.24) is 0 Å². The molecule has 0 aliphatic carbocycles. The van der Waals surface area contributed by atoms with E-state index in [2.05, 4.69) is 21.2 Å². The monoisotopic (exact) mass is 303 g/mol. The van der Waals surface area contributed by atoms with Gasteiger partial charge in [-0.1, -0.05) is 15.9 Å². The van der Waals surface area contributed by atoms with Gasteiger partial charge in [0.1, 0.15) is 5.75 Å². The maximum Gasteiger partial charge on any atom is 0.122 e. The maximum atomic E-state index is 5.35. The quantitative estimate of drug-likeness (QED) is 0.749. The minimum absolute atomic E-state index is 0.625. The molecule has 0 aliphatic rings. The lowest BCUT2D eigenvalue weighted by Gasteiger charge is -2.09. The first-order valence-electron chi connectivity index (χ1n) is 5.41. The lowest BCUT2D eigenvalue weighted by molar-refractivity contribution is 0.0759. The van der Waals surface area contributed by atoms with Crippen LogP contribution in [-0.2, 0) is 9.47 Å².